The summed E-state index contributed by atoms with van der Waals surface area (Å²) >= 11 is 0. The van der Waals surface area contributed by atoms with Crippen molar-refractivity contribution in [2.45, 2.75) is 31.8 Å². The first-order valence-electron chi connectivity index (χ1n) is 7.20. The van der Waals surface area contributed by atoms with Gasteiger partial charge in [-0.15, -0.1) is 0 Å². The van der Waals surface area contributed by atoms with Crippen LogP contribution < -0.4 is 0 Å². The van der Waals surface area contributed by atoms with Gasteiger partial charge in [0, 0.05) is 11.5 Å². The average molecular weight is 255 g/mol. The Labute approximate surface area is 112 Å². The number of carbonyl (C=O) groups is 1. The molecule has 2 saturated carbocycles. The van der Waals surface area contributed by atoms with Gasteiger partial charge in [-0.05, 0) is 18.8 Å². The van der Waals surface area contributed by atoms with Gasteiger partial charge in [-0.3, -0.25) is 4.79 Å². The first-order valence-corrected chi connectivity index (χ1v) is 7.20. The molecule has 0 saturated heterocycles. The highest BCUT2D eigenvalue weighted by atomic mass is 16.6. The van der Waals surface area contributed by atoms with Crippen LogP contribution in [0.3, 0.4) is 0 Å². The number of benzene rings is 1. The topological polar surface area (TPSA) is 38.7 Å². The highest BCUT2D eigenvalue weighted by molar-refractivity contribution is 6.47. The molecule has 0 radical (unpaired) electrons. The fourth-order valence-electron chi connectivity index (χ4n) is 4.02. The van der Waals surface area contributed by atoms with Crippen LogP contribution in [0.15, 0.2) is 35.5 Å². The highest BCUT2D eigenvalue weighted by Gasteiger charge is 2.59. The predicted octanol–water partition coefficient (Wildman–Crippen LogP) is 3.06. The lowest BCUT2D eigenvalue weighted by Gasteiger charge is -2.49. The van der Waals surface area contributed by atoms with Gasteiger partial charge in [-0.25, -0.2) is 0 Å². The van der Waals surface area contributed by atoms with Crippen molar-refractivity contribution in [1.82, 2.24) is 0 Å². The molecule has 0 bridgehead atoms. The van der Waals surface area contributed by atoms with E-state index in [4.69, 9.17) is 4.84 Å². The number of rotatable bonds is 2. The second kappa shape index (κ2) is 4.19. The van der Waals surface area contributed by atoms with Gasteiger partial charge < -0.3 is 4.84 Å². The second-order valence-electron chi connectivity index (χ2n) is 5.88. The number of hydrogen-bond acceptors (Lipinski definition) is 3. The Morgan fingerprint density at radius 1 is 1.11 bits per heavy atom. The summed E-state index contributed by atoms with van der Waals surface area (Å²) in [6, 6.07) is 9.42. The lowest BCUT2D eigenvalue weighted by Crippen LogP contribution is -2.54. The van der Waals surface area contributed by atoms with Crippen molar-refractivity contribution < 1.29 is 9.63 Å². The lowest BCUT2D eigenvalue weighted by molar-refractivity contribution is -0.108. The smallest absolute Gasteiger partial charge is 0.211 e. The molecule has 2 fully saturated rings. The zero-order valence-electron chi connectivity index (χ0n) is 10.8. The van der Waals surface area contributed by atoms with E-state index in [1.165, 1.54) is 25.7 Å². The van der Waals surface area contributed by atoms with Crippen LogP contribution >= 0.6 is 0 Å². The maximum absolute atomic E-state index is 12.5. The molecule has 2 aliphatic carbocycles. The van der Waals surface area contributed by atoms with Gasteiger partial charge in [0.1, 0.15) is 11.8 Å². The van der Waals surface area contributed by atoms with E-state index in [0.29, 0.717) is 17.5 Å². The summed E-state index contributed by atoms with van der Waals surface area (Å²) in [5, 5.41) is 4.13. The largest absolute Gasteiger partial charge is 0.391 e. The Morgan fingerprint density at radius 3 is 2.63 bits per heavy atom. The van der Waals surface area contributed by atoms with Gasteiger partial charge in [0.15, 0.2) is 0 Å². The standard InChI is InChI=1S/C16H17NO2/c18-15(10-6-2-1-3-7-10)14-13-11-8-4-5-9-12(11)16(13)19-17-14/h1-3,6-7,11-13,16H,4-5,8-9H2/t11-,12+,13-,16-/m1/s1. The molecular weight excluding hydrogens is 238 g/mol. The molecule has 4 atom stereocenters. The number of hydrogen-bond donors (Lipinski definition) is 0. The molecule has 0 N–H and O–H groups in total. The van der Waals surface area contributed by atoms with Crippen molar-refractivity contribution in [3.8, 4) is 0 Å². The summed E-state index contributed by atoms with van der Waals surface area (Å²) in [7, 11) is 0. The third-order valence-electron chi connectivity index (χ3n) is 4.97. The Morgan fingerprint density at radius 2 is 1.84 bits per heavy atom. The predicted molar refractivity (Wildman–Crippen MR) is 72.0 cm³/mol. The molecule has 1 aliphatic heterocycles. The molecule has 4 rings (SSSR count). The lowest BCUT2D eigenvalue weighted by atomic mass is 9.55. The zero-order valence-corrected chi connectivity index (χ0v) is 10.8. The molecule has 0 spiro atoms. The number of oxime groups is 1. The number of carbonyl (C=O) groups excluding carboxylic acids is 1. The highest BCUT2D eigenvalue weighted by Crippen LogP contribution is 2.54. The van der Waals surface area contributed by atoms with Crippen LogP contribution in [0.1, 0.15) is 36.0 Å². The Kier molecular flexibility index (Phi) is 2.47. The first kappa shape index (κ1) is 11.2. The maximum atomic E-state index is 12.5. The summed E-state index contributed by atoms with van der Waals surface area (Å²) in [5.74, 6) is 1.59. The molecule has 1 aromatic rings. The van der Waals surface area contributed by atoms with Crippen molar-refractivity contribution in [3.63, 3.8) is 0 Å². The van der Waals surface area contributed by atoms with E-state index in [9.17, 15) is 4.79 Å². The number of Topliss-reactive ketones (excluding diaryl/α,β-unsaturated/α-hetero) is 1. The summed E-state index contributed by atoms with van der Waals surface area (Å²) in [6.07, 6.45) is 5.25. The molecule has 1 aromatic carbocycles. The Balaban J connectivity index is 1.59. The van der Waals surface area contributed by atoms with Crippen molar-refractivity contribution in [3.05, 3.63) is 35.9 Å². The van der Waals surface area contributed by atoms with Crippen LogP contribution in [-0.4, -0.2) is 17.6 Å². The average Bonchev–Trinajstić information content (AvgIpc) is 2.84. The molecule has 3 aliphatic rings. The normalized spacial score (nSPS) is 35.5. The van der Waals surface area contributed by atoms with Crippen molar-refractivity contribution in [1.29, 1.82) is 0 Å². The fraction of sp³-hybridized carbons (Fsp3) is 0.500. The molecule has 98 valence electrons. The van der Waals surface area contributed by atoms with Crippen molar-refractivity contribution in [2.75, 3.05) is 0 Å². The third kappa shape index (κ3) is 1.57. The second-order valence-corrected chi connectivity index (χ2v) is 5.88. The Bertz CT molecular complexity index is 537. The van der Waals surface area contributed by atoms with Gasteiger partial charge in [0.25, 0.3) is 0 Å². The van der Waals surface area contributed by atoms with Crippen LogP contribution in [0, 0.1) is 17.8 Å². The molecule has 0 amide bonds. The van der Waals surface area contributed by atoms with E-state index in [2.05, 4.69) is 5.16 Å². The molecule has 3 heteroatoms. The maximum Gasteiger partial charge on any atom is 0.211 e. The minimum Gasteiger partial charge on any atom is -0.391 e. The third-order valence-corrected chi connectivity index (χ3v) is 4.97. The molecule has 0 aromatic heterocycles. The van der Waals surface area contributed by atoms with Crippen LogP contribution in [0.2, 0.25) is 0 Å². The van der Waals surface area contributed by atoms with Gasteiger partial charge in [-0.2, -0.15) is 0 Å². The van der Waals surface area contributed by atoms with E-state index in [0.717, 1.165) is 5.56 Å². The SMILES string of the molecule is O=C(C1=NO[C@@H]2[C@H]3CCCC[C@H]3[C@H]12)c1ccccc1. The molecule has 1 heterocycles. The van der Waals surface area contributed by atoms with E-state index >= 15 is 0 Å². The minimum absolute atomic E-state index is 0.0529. The minimum atomic E-state index is 0.0529. The summed E-state index contributed by atoms with van der Waals surface area (Å²) < 4.78 is 0. The molecule has 19 heavy (non-hydrogen) atoms. The molecule has 3 nitrogen and oxygen atoms in total. The zero-order chi connectivity index (χ0) is 12.8. The number of ketones is 1. The summed E-state index contributed by atoms with van der Waals surface area (Å²) in [6.45, 7) is 0. The van der Waals surface area contributed by atoms with E-state index < -0.39 is 0 Å². The van der Waals surface area contributed by atoms with Gasteiger partial charge in [0.2, 0.25) is 5.78 Å². The summed E-state index contributed by atoms with van der Waals surface area (Å²) in [4.78, 5) is 18.0. The quantitative estimate of drug-likeness (QED) is 0.762. The fourth-order valence-corrected chi connectivity index (χ4v) is 4.02. The number of fused-ring (bicyclic) bond motifs is 4. The van der Waals surface area contributed by atoms with Gasteiger partial charge >= 0.3 is 0 Å². The van der Waals surface area contributed by atoms with Crippen molar-refractivity contribution >= 4 is 11.5 Å². The number of nitrogens with zero attached hydrogens (tertiary/aromatic N) is 1. The van der Waals surface area contributed by atoms with Crippen LogP contribution in [0.5, 0.6) is 0 Å². The van der Waals surface area contributed by atoms with E-state index in [1.54, 1.807) is 0 Å². The van der Waals surface area contributed by atoms with Crippen LogP contribution in [0.4, 0.5) is 0 Å². The van der Waals surface area contributed by atoms with Gasteiger partial charge in [-0.1, -0.05) is 48.3 Å². The van der Waals surface area contributed by atoms with Gasteiger partial charge in [0.05, 0.1) is 5.92 Å². The van der Waals surface area contributed by atoms with E-state index in [-0.39, 0.29) is 17.8 Å². The molecular formula is C16H17NO2. The molecule has 0 unspecified atom stereocenters. The van der Waals surface area contributed by atoms with E-state index in [1.807, 2.05) is 30.3 Å². The summed E-state index contributed by atoms with van der Waals surface area (Å²) in [5.41, 5.74) is 1.39. The van der Waals surface area contributed by atoms with Crippen LogP contribution in [-0.2, 0) is 4.84 Å². The first-order chi connectivity index (χ1) is 9.36. The van der Waals surface area contributed by atoms with Crippen LogP contribution in [0.25, 0.3) is 0 Å². The monoisotopic (exact) mass is 255 g/mol. The van der Waals surface area contributed by atoms with Crippen molar-refractivity contribution in [2.24, 2.45) is 22.9 Å². The Hall–Kier alpha value is -1.64.